The highest BCUT2D eigenvalue weighted by molar-refractivity contribution is 5.90. The first kappa shape index (κ1) is 26.6. The molecule has 0 atom stereocenters. The summed E-state index contributed by atoms with van der Waals surface area (Å²) in [5.74, 6) is 0. The minimum atomic E-state index is 0.514. The van der Waals surface area contributed by atoms with Gasteiger partial charge in [-0.1, -0.05) is 36.4 Å². The first-order valence-corrected chi connectivity index (χ1v) is 13.7. The van der Waals surface area contributed by atoms with Crippen LogP contribution in [-0.2, 0) is 6.54 Å². The van der Waals surface area contributed by atoms with Crippen molar-refractivity contribution in [3.05, 3.63) is 88.9 Å². The maximum atomic E-state index is 9.76. The Morgan fingerprint density at radius 2 is 1.85 bits per heavy atom. The zero-order chi connectivity index (χ0) is 27.0. The van der Waals surface area contributed by atoms with Gasteiger partial charge in [0, 0.05) is 73.5 Å². The molecule has 0 spiro atoms. The Morgan fingerprint density at radius 1 is 1.03 bits per heavy atom. The second kappa shape index (κ2) is 12.7. The monoisotopic (exact) mass is 519 g/mol. The lowest BCUT2D eigenvalue weighted by Gasteiger charge is -2.32. The van der Waals surface area contributed by atoms with Gasteiger partial charge in [-0.05, 0) is 68.4 Å². The van der Waals surface area contributed by atoms with Crippen LogP contribution in [0.2, 0.25) is 0 Å². The van der Waals surface area contributed by atoms with Crippen LogP contribution >= 0.6 is 0 Å². The molecule has 3 N–H and O–H groups in total. The lowest BCUT2D eigenvalue weighted by Crippen LogP contribution is -2.45. The second-order valence-corrected chi connectivity index (χ2v) is 10.3. The number of aromatic amines is 1. The van der Waals surface area contributed by atoms with E-state index in [1.54, 1.807) is 12.4 Å². The molecule has 2 aromatic carbocycles. The SMILES string of the molecule is Cc1c(Nc2c(C#N)cncc2C=Cc2ccc(CNCCCN3CCN(C)CC3)cc2)ccc2[nH]ccc12. The van der Waals surface area contributed by atoms with Gasteiger partial charge in [-0.15, -0.1) is 0 Å². The van der Waals surface area contributed by atoms with Crippen LogP contribution in [0.3, 0.4) is 0 Å². The highest BCUT2D eigenvalue weighted by Gasteiger charge is 2.13. The quantitative estimate of drug-likeness (QED) is 0.244. The molecule has 7 nitrogen and oxygen atoms in total. The van der Waals surface area contributed by atoms with Crippen molar-refractivity contribution >= 4 is 34.4 Å². The Morgan fingerprint density at radius 3 is 2.64 bits per heavy atom. The predicted octanol–water partition coefficient (Wildman–Crippen LogP) is 5.38. The summed E-state index contributed by atoms with van der Waals surface area (Å²) in [6.07, 6.45) is 10.6. The molecule has 2 aromatic heterocycles. The van der Waals surface area contributed by atoms with Gasteiger partial charge in [-0.25, -0.2) is 0 Å². The van der Waals surface area contributed by atoms with Gasteiger partial charge in [-0.3, -0.25) is 4.98 Å². The van der Waals surface area contributed by atoms with Crippen LogP contribution < -0.4 is 10.6 Å². The number of H-pyrrole nitrogens is 1. The van der Waals surface area contributed by atoms with Crippen molar-refractivity contribution in [1.82, 2.24) is 25.1 Å². The number of rotatable bonds is 10. The van der Waals surface area contributed by atoms with E-state index in [4.69, 9.17) is 0 Å². The Bertz CT molecular complexity index is 1450. The number of aryl methyl sites for hydroxylation is 1. The smallest absolute Gasteiger partial charge is 0.103 e. The number of nitriles is 1. The summed E-state index contributed by atoms with van der Waals surface area (Å²) in [6, 6.07) is 17.1. The molecule has 0 radical (unpaired) electrons. The van der Waals surface area contributed by atoms with Gasteiger partial charge in [0.15, 0.2) is 0 Å². The number of piperazine rings is 1. The molecule has 3 heterocycles. The van der Waals surface area contributed by atoms with Crippen LogP contribution in [0.15, 0.2) is 61.1 Å². The number of hydrogen-bond acceptors (Lipinski definition) is 6. The summed E-state index contributed by atoms with van der Waals surface area (Å²) < 4.78 is 0. The van der Waals surface area contributed by atoms with Crippen molar-refractivity contribution in [1.29, 1.82) is 5.26 Å². The van der Waals surface area contributed by atoms with Crippen LogP contribution in [0.25, 0.3) is 23.1 Å². The molecule has 200 valence electrons. The van der Waals surface area contributed by atoms with E-state index in [0.29, 0.717) is 5.56 Å². The van der Waals surface area contributed by atoms with E-state index in [2.05, 4.69) is 92.9 Å². The lowest BCUT2D eigenvalue weighted by atomic mass is 10.1. The fourth-order valence-corrected chi connectivity index (χ4v) is 5.05. The molecule has 0 saturated carbocycles. The lowest BCUT2D eigenvalue weighted by molar-refractivity contribution is 0.153. The van der Waals surface area contributed by atoms with Gasteiger partial charge in [0.25, 0.3) is 0 Å². The van der Waals surface area contributed by atoms with Gasteiger partial charge in [0.1, 0.15) is 6.07 Å². The molecular formula is C32H37N7. The van der Waals surface area contributed by atoms with Gasteiger partial charge in [0.2, 0.25) is 0 Å². The maximum absolute atomic E-state index is 9.76. The first-order chi connectivity index (χ1) is 19.1. The molecule has 7 heteroatoms. The van der Waals surface area contributed by atoms with Crippen molar-refractivity contribution < 1.29 is 0 Å². The van der Waals surface area contributed by atoms with E-state index in [1.807, 2.05) is 18.3 Å². The van der Waals surface area contributed by atoms with Crippen LogP contribution in [-0.4, -0.2) is 66.1 Å². The molecule has 39 heavy (non-hydrogen) atoms. The molecule has 1 fully saturated rings. The van der Waals surface area contributed by atoms with Crippen LogP contribution in [0.5, 0.6) is 0 Å². The van der Waals surface area contributed by atoms with Crippen molar-refractivity contribution in [3.8, 4) is 6.07 Å². The Hall–Kier alpha value is -3.96. The maximum Gasteiger partial charge on any atom is 0.103 e. The second-order valence-electron chi connectivity index (χ2n) is 10.3. The molecule has 0 bridgehead atoms. The number of hydrogen-bond donors (Lipinski definition) is 3. The highest BCUT2D eigenvalue weighted by Crippen LogP contribution is 2.31. The number of anilines is 2. The summed E-state index contributed by atoms with van der Waals surface area (Å²) in [7, 11) is 2.20. The van der Waals surface area contributed by atoms with Crippen LogP contribution in [0.1, 0.15) is 34.2 Å². The number of pyridine rings is 1. The highest BCUT2D eigenvalue weighted by atomic mass is 15.2. The molecular weight excluding hydrogens is 482 g/mol. The third-order valence-electron chi connectivity index (χ3n) is 7.55. The fourth-order valence-electron chi connectivity index (χ4n) is 5.05. The molecule has 0 amide bonds. The first-order valence-electron chi connectivity index (χ1n) is 13.7. The number of nitrogens with one attached hydrogen (secondary N) is 3. The minimum absolute atomic E-state index is 0.514. The van der Waals surface area contributed by atoms with E-state index in [-0.39, 0.29) is 0 Å². The number of benzene rings is 2. The summed E-state index contributed by atoms with van der Waals surface area (Å²) in [6.45, 7) is 9.88. The average molecular weight is 520 g/mol. The third kappa shape index (κ3) is 6.73. The van der Waals surface area contributed by atoms with E-state index >= 15 is 0 Å². The molecule has 1 aliphatic rings. The van der Waals surface area contributed by atoms with E-state index in [1.165, 1.54) is 44.7 Å². The normalized spacial score (nSPS) is 14.7. The Kier molecular flexibility index (Phi) is 8.69. The topological polar surface area (TPSA) is 83.0 Å². The summed E-state index contributed by atoms with van der Waals surface area (Å²) in [5, 5.41) is 18.0. The number of aromatic nitrogens is 2. The average Bonchev–Trinajstić information content (AvgIpc) is 3.45. The zero-order valence-electron chi connectivity index (χ0n) is 22.9. The molecule has 0 unspecified atom stereocenters. The standard InChI is InChI=1S/C32H37N7/c1-24-29-12-14-36-31(29)11-10-30(24)37-32-27(22-35-23-28(32)20-33)9-8-25-4-6-26(7-5-25)21-34-13-3-15-39-18-16-38(2)17-19-39/h4-12,14,22-23,34,36H,3,13,15-19,21H2,1-2H3,(H,35,37). The summed E-state index contributed by atoms with van der Waals surface area (Å²) in [5.41, 5.74) is 7.72. The van der Waals surface area contributed by atoms with E-state index in [0.717, 1.165) is 52.1 Å². The van der Waals surface area contributed by atoms with Crippen LogP contribution in [0, 0.1) is 18.3 Å². The summed E-state index contributed by atoms with van der Waals surface area (Å²) in [4.78, 5) is 12.5. The van der Waals surface area contributed by atoms with Crippen molar-refractivity contribution in [3.63, 3.8) is 0 Å². The van der Waals surface area contributed by atoms with Crippen molar-refractivity contribution in [2.45, 2.75) is 19.9 Å². The molecule has 4 aromatic rings. The van der Waals surface area contributed by atoms with Crippen molar-refractivity contribution in [2.75, 3.05) is 51.6 Å². The van der Waals surface area contributed by atoms with Gasteiger partial charge in [0.05, 0.1) is 11.3 Å². The predicted molar refractivity (Wildman–Crippen MR) is 161 cm³/mol. The zero-order valence-corrected chi connectivity index (χ0v) is 22.9. The molecule has 0 aliphatic carbocycles. The van der Waals surface area contributed by atoms with Crippen molar-refractivity contribution in [2.24, 2.45) is 0 Å². The van der Waals surface area contributed by atoms with Gasteiger partial charge in [-0.2, -0.15) is 5.26 Å². The molecule has 1 saturated heterocycles. The van der Waals surface area contributed by atoms with Gasteiger partial charge >= 0.3 is 0 Å². The molecule has 5 rings (SSSR count). The summed E-state index contributed by atoms with van der Waals surface area (Å²) >= 11 is 0. The Balaban J connectivity index is 1.19. The largest absolute Gasteiger partial charge is 0.361 e. The third-order valence-corrected chi connectivity index (χ3v) is 7.55. The fraction of sp³-hybridized carbons (Fsp3) is 0.312. The minimum Gasteiger partial charge on any atom is -0.361 e. The Labute approximate surface area is 231 Å². The van der Waals surface area contributed by atoms with Gasteiger partial charge < -0.3 is 25.4 Å². The molecule has 1 aliphatic heterocycles. The van der Waals surface area contributed by atoms with Crippen LogP contribution in [0.4, 0.5) is 11.4 Å². The van der Waals surface area contributed by atoms with E-state index < -0.39 is 0 Å². The van der Waals surface area contributed by atoms with E-state index in [9.17, 15) is 5.26 Å². The number of likely N-dealkylation sites (N-methyl/N-ethyl adjacent to an activating group) is 1. The number of fused-ring (bicyclic) bond motifs is 1. The number of nitrogens with zero attached hydrogens (tertiary/aromatic N) is 4.